The number of benzene rings is 1. The van der Waals surface area contributed by atoms with E-state index in [4.69, 9.17) is 10.8 Å². The Hall–Kier alpha value is -2.24. The van der Waals surface area contributed by atoms with Gasteiger partial charge in [-0.1, -0.05) is 12.1 Å². The number of amides is 1. The van der Waals surface area contributed by atoms with Crippen LogP contribution in [0.2, 0.25) is 0 Å². The number of hydrogen-bond acceptors (Lipinski definition) is 4. The molecule has 5 nitrogen and oxygen atoms in total. The van der Waals surface area contributed by atoms with Crippen molar-refractivity contribution in [1.29, 1.82) is 0 Å². The molecule has 0 bridgehead atoms. The number of carbonyl (C=O) groups is 1. The van der Waals surface area contributed by atoms with Crippen LogP contribution in [0.5, 0.6) is 0 Å². The van der Waals surface area contributed by atoms with E-state index < -0.39 is 11.9 Å². The second-order valence-electron chi connectivity index (χ2n) is 4.51. The lowest BCUT2D eigenvalue weighted by Crippen LogP contribution is -2.38. The third-order valence-corrected chi connectivity index (χ3v) is 2.91. The Morgan fingerprint density at radius 3 is 2.35 bits per heavy atom. The van der Waals surface area contributed by atoms with Crippen molar-refractivity contribution in [3.8, 4) is 0 Å². The molecule has 1 unspecified atom stereocenters. The molecule has 0 spiro atoms. The van der Waals surface area contributed by atoms with Crippen molar-refractivity contribution in [2.75, 3.05) is 11.9 Å². The van der Waals surface area contributed by atoms with Gasteiger partial charge in [0.1, 0.15) is 6.04 Å². The van der Waals surface area contributed by atoms with Gasteiger partial charge in [0.15, 0.2) is 0 Å². The zero-order valence-corrected chi connectivity index (χ0v) is 11.0. The average Bonchev–Trinajstić information content (AvgIpc) is 2.49. The third-order valence-electron chi connectivity index (χ3n) is 2.91. The van der Waals surface area contributed by atoms with Gasteiger partial charge in [0.25, 0.3) is 0 Å². The molecule has 1 atom stereocenters. The molecule has 2 rings (SSSR count). The highest BCUT2D eigenvalue weighted by Crippen LogP contribution is 2.13. The van der Waals surface area contributed by atoms with Crippen molar-refractivity contribution in [3.05, 3.63) is 59.9 Å². The largest absolute Gasteiger partial charge is 0.394 e. The molecule has 1 heterocycles. The topological polar surface area (TPSA) is 88.2 Å². The summed E-state index contributed by atoms with van der Waals surface area (Å²) in [7, 11) is 0. The minimum Gasteiger partial charge on any atom is -0.394 e. The average molecular weight is 271 g/mol. The standard InChI is InChI=1S/C15H17N3O2/c16-14(10-19)15(20)18-13-3-1-11(2-4-13)9-12-5-7-17-8-6-12/h1-8,14,19H,9-10,16H2,(H,18,20). The molecule has 0 fully saturated rings. The molecule has 4 N–H and O–H groups in total. The van der Waals surface area contributed by atoms with Crippen LogP contribution in [0.4, 0.5) is 5.69 Å². The van der Waals surface area contributed by atoms with E-state index in [1.54, 1.807) is 12.4 Å². The maximum Gasteiger partial charge on any atom is 0.243 e. The summed E-state index contributed by atoms with van der Waals surface area (Å²) in [5.74, 6) is -0.394. The van der Waals surface area contributed by atoms with Crippen LogP contribution in [0.25, 0.3) is 0 Å². The number of nitrogens with two attached hydrogens (primary N) is 1. The fourth-order valence-electron chi connectivity index (χ4n) is 1.76. The Balaban J connectivity index is 1.98. The first-order valence-electron chi connectivity index (χ1n) is 6.34. The van der Waals surface area contributed by atoms with Crippen LogP contribution in [0.1, 0.15) is 11.1 Å². The lowest BCUT2D eigenvalue weighted by atomic mass is 10.1. The van der Waals surface area contributed by atoms with Crippen LogP contribution in [-0.4, -0.2) is 28.6 Å². The molecule has 0 saturated heterocycles. The quantitative estimate of drug-likeness (QED) is 0.755. The van der Waals surface area contributed by atoms with Gasteiger partial charge in [0.2, 0.25) is 5.91 Å². The van der Waals surface area contributed by atoms with E-state index in [0.717, 1.165) is 12.0 Å². The number of nitrogens with one attached hydrogen (secondary N) is 1. The number of hydrogen-bond donors (Lipinski definition) is 3. The Bertz CT molecular complexity index is 555. The van der Waals surface area contributed by atoms with Crippen molar-refractivity contribution < 1.29 is 9.90 Å². The van der Waals surface area contributed by atoms with E-state index in [1.807, 2.05) is 36.4 Å². The van der Waals surface area contributed by atoms with Crippen LogP contribution in [0.15, 0.2) is 48.8 Å². The van der Waals surface area contributed by atoms with Gasteiger partial charge in [0.05, 0.1) is 6.61 Å². The monoisotopic (exact) mass is 271 g/mol. The Morgan fingerprint density at radius 1 is 1.15 bits per heavy atom. The highest BCUT2D eigenvalue weighted by atomic mass is 16.3. The molecule has 1 amide bonds. The SMILES string of the molecule is NC(CO)C(=O)Nc1ccc(Cc2ccncc2)cc1. The zero-order valence-electron chi connectivity index (χ0n) is 11.0. The van der Waals surface area contributed by atoms with E-state index in [9.17, 15) is 4.79 Å². The van der Waals surface area contributed by atoms with Crippen molar-refractivity contribution in [2.24, 2.45) is 5.73 Å². The minimum atomic E-state index is -0.897. The molecule has 20 heavy (non-hydrogen) atoms. The van der Waals surface area contributed by atoms with Crippen LogP contribution in [0.3, 0.4) is 0 Å². The number of anilines is 1. The summed E-state index contributed by atoms with van der Waals surface area (Å²) in [5, 5.41) is 11.5. The highest BCUT2D eigenvalue weighted by molar-refractivity contribution is 5.94. The lowest BCUT2D eigenvalue weighted by molar-refractivity contribution is -0.118. The lowest BCUT2D eigenvalue weighted by Gasteiger charge is -2.10. The molecule has 0 aliphatic rings. The molecular formula is C15H17N3O2. The number of aliphatic hydroxyl groups is 1. The maximum absolute atomic E-state index is 11.5. The number of aliphatic hydroxyl groups excluding tert-OH is 1. The van der Waals surface area contributed by atoms with Crippen LogP contribution in [0, 0.1) is 0 Å². The normalized spacial score (nSPS) is 11.9. The van der Waals surface area contributed by atoms with Crippen LogP contribution >= 0.6 is 0 Å². The summed E-state index contributed by atoms with van der Waals surface area (Å²) in [4.78, 5) is 15.5. The van der Waals surface area contributed by atoms with Crippen molar-refractivity contribution in [2.45, 2.75) is 12.5 Å². The fourth-order valence-corrected chi connectivity index (χ4v) is 1.76. The van der Waals surface area contributed by atoms with Gasteiger partial charge in [-0.25, -0.2) is 0 Å². The van der Waals surface area contributed by atoms with Crippen molar-refractivity contribution in [3.63, 3.8) is 0 Å². The Kier molecular flexibility index (Phi) is 4.81. The second-order valence-corrected chi connectivity index (χ2v) is 4.51. The molecule has 104 valence electrons. The summed E-state index contributed by atoms with van der Waals surface area (Å²) < 4.78 is 0. The van der Waals surface area contributed by atoms with Crippen LogP contribution < -0.4 is 11.1 Å². The highest BCUT2D eigenvalue weighted by Gasteiger charge is 2.11. The first-order valence-corrected chi connectivity index (χ1v) is 6.34. The van der Waals surface area contributed by atoms with E-state index in [-0.39, 0.29) is 6.61 Å². The van der Waals surface area contributed by atoms with Gasteiger partial charge in [-0.15, -0.1) is 0 Å². The second kappa shape index (κ2) is 6.79. The summed E-state index contributed by atoms with van der Waals surface area (Å²) >= 11 is 0. The number of rotatable bonds is 5. The predicted octanol–water partition coefficient (Wildman–Crippen LogP) is 0.930. The minimum absolute atomic E-state index is 0.369. The molecule has 5 heteroatoms. The number of nitrogens with zero attached hydrogens (tertiary/aromatic N) is 1. The third kappa shape index (κ3) is 3.88. The van der Waals surface area contributed by atoms with Gasteiger partial charge in [-0.3, -0.25) is 9.78 Å². The molecule has 1 aromatic heterocycles. The first-order chi connectivity index (χ1) is 9.69. The van der Waals surface area contributed by atoms with Crippen molar-refractivity contribution in [1.82, 2.24) is 4.98 Å². The Labute approximate surface area is 117 Å². The van der Waals surface area contributed by atoms with Gasteiger partial charge in [-0.2, -0.15) is 0 Å². The fraction of sp³-hybridized carbons (Fsp3) is 0.200. The predicted molar refractivity (Wildman–Crippen MR) is 77.2 cm³/mol. The summed E-state index contributed by atoms with van der Waals surface area (Å²) in [6.07, 6.45) is 4.34. The first kappa shape index (κ1) is 14.2. The molecule has 0 radical (unpaired) electrons. The van der Waals surface area contributed by atoms with Gasteiger partial charge in [0, 0.05) is 18.1 Å². The Morgan fingerprint density at radius 2 is 1.75 bits per heavy atom. The van der Waals surface area contributed by atoms with Gasteiger partial charge >= 0.3 is 0 Å². The number of pyridine rings is 1. The van der Waals surface area contributed by atoms with Crippen LogP contribution in [-0.2, 0) is 11.2 Å². The van der Waals surface area contributed by atoms with Gasteiger partial charge < -0.3 is 16.2 Å². The molecule has 0 aliphatic carbocycles. The summed E-state index contributed by atoms with van der Waals surface area (Å²) in [5.41, 5.74) is 8.41. The number of aromatic nitrogens is 1. The van der Waals surface area contributed by atoms with Crippen molar-refractivity contribution >= 4 is 11.6 Å². The summed E-state index contributed by atoms with van der Waals surface area (Å²) in [6.45, 7) is -0.369. The zero-order chi connectivity index (χ0) is 14.4. The molecular weight excluding hydrogens is 254 g/mol. The van der Waals surface area contributed by atoms with E-state index in [2.05, 4.69) is 10.3 Å². The molecule has 0 saturated carbocycles. The molecule has 2 aromatic rings. The number of carbonyl (C=O) groups excluding carboxylic acids is 1. The van der Waals surface area contributed by atoms with E-state index in [0.29, 0.717) is 5.69 Å². The van der Waals surface area contributed by atoms with E-state index >= 15 is 0 Å². The van der Waals surface area contributed by atoms with Gasteiger partial charge in [-0.05, 0) is 41.8 Å². The van der Waals surface area contributed by atoms with E-state index in [1.165, 1.54) is 5.56 Å². The molecule has 0 aliphatic heterocycles. The smallest absolute Gasteiger partial charge is 0.243 e. The molecule has 1 aromatic carbocycles. The maximum atomic E-state index is 11.5. The summed E-state index contributed by atoms with van der Waals surface area (Å²) in [6, 6.07) is 10.6.